The predicted molar refractivity (Wildman–Crippen MR) is 134 cm³/mol. The molecule has 1 amide bonds. The Bertz CT molecular complexity index is 1240. The zero-order valence-electron chi connectivity index (χ0n) is 18.7. The van der Waals surface area contributed by atoms with Gasteiger partial charge in [0.1, 0.15) is 16.5 Å². The van der Waals surface area contributed by atoms with Gasteiger partial charge >= 0.3 is 0 Å². The fourth-order valence-electron chi connectivity index (χ4n) is 3.93. The van der Waals surface area contributed by atoms with Gasteiger partial charge in [0.2, 0.25) is 0 Å². The lowest BCUT2D eigenvalue weighted by Crippen LogP contribution is -2.36. The number of carbonyl (C=O) groups excluding carboxylic acids is 1. The highest BCUT2D eigenvalue weighted by atomic mass is 32.1. The van der Waals surface area contributed by atoms with Crippen molar-refractivity contribution >= 4 is 33.3 Å². The molecule has 8 nitrogen and oxygen atoms in total. The van der Waals surface area contributed by atoms with E-state index in [1.54, 1.807) is 35.9 Å². The number of fused-ring (bicyclic) bond motifs is 1. The van der Waals surface area contributed by atoms with E-state index < -0.39 is 0 Å². The number of aromatic nitrogens is 3. The standard InChI is InChI=1S/C25H26N6O2S/c32-24(19-7-4-8-26-15-19)28-10-9-27-23-22-20(18-5-2-1-3-6-18)17-34-25(22)30-21(29-23)16-31-11-13-33-14-12-31/h1-8,15,17H,9-14,16H2,(H,28,32)(H,27,29,30). The first-order valence-corrected chi connectivity index (χ1v) is 12.2. The van der Waals surface area contributed by atoms with Crippen LogP contribution in [0.5, 0.6) is 0 Å². The second kappa shape index (κ2) is 10.7. The van der Waals surface area contributed by atoms with Crippen molar-refractivity contribution in [3.8, 4) is 11.1 Å². The van der Waals surface area contributed by atoms with Crippen LogP contribution in [0.25, 0.3) is 21.3 Å². The molecule has 1 fully saturated rings. The summed E-state index contributed by atoms with van der Waals surface area (Å²) >= 11 is 1.63. The zero-order chi connectivity index (χ0) is 23.2. The van der Waals surface area contributed by atoms with Crippen molar-refractivity contribution in [2.24, 2.45) is 0 Å². The van der Waals surface area contributed by atoms with Crippen LogP contribution < -0.4 is 10.6 Å². The van der Waals surface area contributed by atoms with Gasteiger partial charge in [-0.2, -0.15) is 0 Å². The van der Waals surface area contributed by atoms with Crippen LogP contribution in [0.15, 0.2) is 60.2 Å². The van der Waals surface area contributed by atoms with E-state index in [9.17, 15) is 4.79 Å². The molecule has 0 aliphatic carbocycles. The molecule has 9 heteroatoms. The molecule has 0 unspecified atom stereocenters. The number of nitrogens with one attached hydrogen (secondary N) is 2. The Hall–Kier alpha value is -3.40. The van der Waals surface area contributed by atoms with Gasteiger partial charge in [0.05, 0.1) is 30.7 Å². The monoisotopic (exact) mass is 474 g/mol. The number of pyridine rings is 1. The van der Waals surface area contributed by atoms with E-state index in [-0.39, 0.29) is 5.91 Å². The Morgan fingerprint density at radius 3 is 2.71 bits per heavy atom. The Balaban J connectivity index is 1.36. The Morgan fingerprint density at radius 1 is 1.06 bits per heavy atom. The van der Waals surface area contributed by atoms with Crippen molar-refractivity contribution in [2.75, 3.05) is 44.7 Å². The minimum atomic E-state index is -0.142. The van der Waals surface area contributed by atoms with Crippen LogP contribution >= 0.6 is 11.3 Å². The normalized spacial score (nSPS) is 14.2. The summed E-state index contributed by atoms with van der Waals surface area (Å²) in [6.45, 7) is 4.92. The van der Waals surface area contributed by atoms with Crippen LogP contribution in [0.3, 0.4) is 0 Å². The summed E-state index contributed by atoms with van der Waals surface area (Å²) in [6, 6.07) is 13.8. The molecule has 0 saturated carbocycles. The SMILES string of the molecule is O=C(NCCNc1nc(CN2CCOCC2)nc2scc(-c3ccccc3)c12)c1cccnc1. The third-order valence-corrected chi connectivity index (χ3v) is 6.53. The third kappa shape index (κ3) is 5.22. The fraction of sp³-hybridized carbons (Fsp3) is 0.280. The molecule has 4 heterocycles. The number of nitrogens with zero attached hydrogens (tertiary/aromatic N) is 4. The summed E-state index contributed by atoms with van der Waals surface area (Å²) in [6.07, 6.45) is 3.21. The number of amides is 1. The molecule has 0 radical (unpaired) electrons. The number of hydrogen-bond acceptors (Lipinski definition) is 8. The molecule has 1 saturated heterocycles. The first kappa shape index (κ1) is 22.4. The lowest BCUT2D eigenvalue weighted by molar-refractivity contribution is 0.0331. The largest absolute Gasteiger partial charge is 0.379 e. The van der Waals surface area contributed by atoms with Gasteiger partial charge in [0.25, 0.3) is 5.91 Å². The molecule has 2 N–H and O–H groups in total. The zero-order valence-corrected chi connectivity index (χ0v) is 19.6. The maximum absolute atomic E-state index is 12.3. The van der Waals surface area contributed by atoms with E-state index in [2.05, 4.69) is 38.0 Å². The summed E-state index contributed by atoms with van der Waals surface area (Å²) < 4.78 is 5.47. The highest BCUT2D eigenvalue weighted by Crippen LogP contribution is 2.37. The molecule has 1 aromatic carbocycles. The summed E-state index contributed by atoms with van der Waals surface area (Å²) in [7, 11) is 0. The molecule has 1 aliphatic rings. The second-order valence-corrected chi connectivity index (χ2v) is 8.85. The van der Waals surface area contributed by atoms with Gasteiger partial charge in [-0.25, -0.2) is 9.97 Å². The Kier molecular flexibility index (Phi) is 7.04. The van der Waals surface area contributed by atoms with Gasteiger partial charge in [-0.15, -0.1) is 11.3 Å². The smallest absolute Gasteiger partial charge is 0.252 e. The van der Waals surface area contributed by atoms with Gasteiger partial charge in [-0.3, -0.25) is 14.7 Å². The van der Waals surface area contributed by atoms with E-state index in [4.69, 9.17) is 14.7 Å². The molecule has 0 atom stereocenters. The summed E-state index contributed by atoms with van der Waals surface area (Å²) in [4.78, 5) is 29.4. The number of benzene rings is 1. The Labute approximate surface area is 202 Å². The van der Waals surface area contributed by atoms with E-state index in [1.807, 2.05) is 18.2 Å². The molecular formula is C25H26N6O2S. The maximum Gasteiger partial charge on any atom is 0.252 e. The summed E-state index contributed by atoms with van der Waals surface area (Å²) in [5.41, 5.74) is 2.79. The molecule has 4 aromatic rings. The average molecular weight is 475 g/mol. The van der Waals surface area contributed by atoms with Crippen molar-refractivity contribution in [3.63, 3.8) is 0 Å². The predicted octanol–water partition coefficient (Wildman–Crippen LogP) is 3.43. The molecule has 3 aromatic heterocycles. The number of thiophene rings is 1. The average Bonchev–Trinajstić information content (AvgIpc) is 3.32. The number of rotatable bonds is 8. The van der Waals surface area contributed by atoms with Crippen LogP contribution in [-0.4, -0.2) is 65.2 Å². The van der Waals surface area contributed by atoms with Crippen molar-refractivity contribution in [3.05, 3.63) is 71.6 Å². The molecule has 174 valence electrons. The topological polar surface area (TPSA) is 92.3 Å². The number of anilines is 1. The quantitative estimate of drug-likeness (QED) is 0.378. The van der Waals surface area contributed by atoms with E-state index in [1.165, 1.54) is 0 Å². The van der Waals surface area contributed by atoms with E-state index in [0.717, 1.165) is 59.3 Å². The van der Waals surface area contributed by atoms with Gasteiger partial charge in [-0.1, -0.05) is 30.3 Å². The third-order valence-electron chi connectivity index (χ3n) is 5.66. The van der Waals surface area contributed by atoms with Crippen LogP contribution in [0.4, 0.5) is 5.82 Å². The molecule has 0 bridgehead atoms. The first-order valence-electron chi connectivity index (χ1n) is 11.3. The lowest BCUT2D eigenvalue weighted by atomic mass is 10.1. The highest BCUT2D eigenvalue weighted by molar-refractivity contribution is 7.17. The number of hydrogen-bond donors (Lipinski definition) is 2. The van der Waals surface area contributed by atoms with Gasteiger partial charge in [-0.05, 0) is 17.7 Å². The highest BCUT2D eigenvalue weighted by Gasteiger charge is 2.18. The van der Waals surface area contributed by atoms with Crippen LogP contribution in [0, 0.1) is 0 Å². The Morgan fingerprint density at radius 2 is 1.91 bits per heavy atom. The summed E-state index contributed by atoms with van der Waals surface area (Å²) in [5, 5.41) is 9.54. The lowest BCUT2D eigenvalue weighted by Gasteiger charge is -2.25. The van der Waals surface area contributed by atoms with Crippen LogP contribution in [0.2, 0.25) is 0 Å². The van der Waals surface area contributed by atoms with E-state index >= 15 is 0 Å². The summed E-state index contributed by atoms with van der Waals surface area (Å²) in [5.74, 6) is 1.44. The van der Waals surface area contributed by atoms with Crippen molar-refractivity contribution in [2.45, 2.75) is 6.54 Å². The fourth-order valence-corrected chi connectivity index (χ4v) is 4.90. The van der Waals surface area contributed by atoms with Crippen molar-refractivity contribution in [1.29, 1.82) is 0 Å². The van der Waals surface area contributed by atoms with Crippen molar-refractivity contribution < 1.29 is 9.53 Å². The van der Waals surface area contributed by atoms with Crippen molar-refractivity contribution in [1.82, 2.24) is 25.2 Å². The number of morpholine rings is 1. The maximum atomic E-state index is 12.3. The number of carbonyl (C=O) groups is 1. The molecule has 1 aliphatic heterocycles. The van der Waals surface area contributed by atoms with Crippen LogP contribution in [0.1, 0.15) is 16.2 Å². The molecule has 0 spiro atoms. The van der Waals surface area contributed by atoms with Gasteiger partial charge in [0, 0.05) is 49.5 Å². The molecule has 34 heavy (non-hydrogen) atoms. The van der Waals surface area contributed by atoms with Gasteiger partial charge < -0.3 is 15.4 Å². The second-order valence-electron chi connectivity index (χ2n) is 8.00. The molecular weight excluding hydrogens is 448 g/mol. The first-order chi connectivity index (χ1) is 16.8. The van der Waals surface area contributed by atoms with Crippen LogP contribution in [-0.2, 0) is 11.3 Å². The number of ether oxygens (including phenoxy) is 1. The molecule has 5 rings (SSSR count). The van der Waals surface area contributed by atoms with Gasteiger partial charge in [0.15, 0.2) is 0 Å². The van der Waals surface area contributed by atoms with E-state index in [0.29, 0.717) is 25.2 Å². The minimum Gasteiger partial charge on any atom is -0.379 e. The minimum absolute atomic E-state index is 0.142.